The van der Waals surface area contributed by atoms with E-state index in [-0.39, 0.29) is 11.3 Å². The van der Waals surface area contributed by atoms with Crippen molar-refractivity contribution in [2.45, 2.75) is 40.1 Å². The number of halogens is 3. The fourth-order valence-corrected chi connectivity index (χ4v) is 2.98. The molecule has 0 unspecified atom stereocenters. The Morgan fingerprint density at radius 2 is 1.88 bits per heavy atom. The van der Waals surface area contributed by atoms with Crippen LogP contribution in [0.25, 0.3) is 6.08 Å². The van der Waals surface area contributed by atoms with Crippen LogP contribution in [0.2, 0.25) is 0 Å². The van der Waals surface area contributed by atoms with Gasteiger partial charge in [0, 0.05) is 23.6 Å². The number of rotatable bonds is 8. The van der Waals surface area contributed by atoms with Gasteiger partial charge in [0.1, 0.15) is 17.4 Å². The third-order valence-corrected chi connectivity index (χ3v) is 4.41. The fraction of sp³-hybridized carbons (Fsp3) is 0.318. The first-order chi connectivity index (χ1) is 15.0. The van der Waals surface area contributed by atoms with Crippen LogP contribution < -0.4 is 10.1 Å². The molecule has 0 saturated heterocycles. The van der Waals surface area contributed by atoms with E-state index in [9.17, 15) is 28.0 Å². The third-order valence-electron chi connectivity index (χ3n) is 4.41. The minimum Gasteiger partial charge on any atom is -0.451 e. The van der Waals surface area contributed by atoms with E-state index in [2.05, 4.69) is 14.6 Å². The van der Waals surface area contributed by atoms with E-state index in [1.165, 1.54) is 18.2 Å². The average molecular weight is 449 g/mol. The van der Waals surface area contributed by atoms with E-state index in [0.717, 1.165) is 36.5 Å². The lowest BCUT2D eigenvalue weighted by atomic mass is 10.1. The second-order valence-electron chi connectivity index (χ2n) is 6.84. The smallest absolute Gasteiger partial charge is 0.451 e. The van der Waals surface area contributed by atoms with Crippen molar-refractivity contribution >= 4 is 23.6 Å². The molecule has 1 aromatic heterocycles. The maximum atomic E-state index is 12.2. The zero-order valence-corrected chi connectivity index (χ0v) is 17.7. The minimum absolute atomic E-state index is 0.181. The van der Waals surface area contributed by atoms with Crippen LogP contribution in [0.5, 0.6) is 5.75 Å². The molecule has 2 aromatic rings. The van der Waals surface area contributed by atoms with Crippen LogP contribution in [0.15, 0.2) is 35.9 Å². The van der Waals surface area contributed by atoms with Gasteiger partial charge >= 0.3 is 12.3 Å². The molecular weight excluding hydrogens is 427 g/mol. The van der Waals surface area contributed by atoms with E-state index in [4.69, 9.17) is 4.74 Å². The number of benzene rings is 1. The summed E-state index contributed by atoms with van der Waals surface area (Å²) in [5.41, 5.74) is 2.52. The van der Waals surface area contributed by atoms with Gasteiger partial charge < -0.3 is 19.4 Å². The van der Waals surface area contributed by atoms with Gasteiger partial charge in [-0.25, -0.2) is 4.79 Å². The summed E-state index contributed by atoms with van der Waals surface area (Å²) >= 11 is 0. The lowest BCUT2D eigenvalue weighted by Gasteiger charge is -2.10. The number of nitriles is 1. The number of nitrogens with zero attached hydrogens (tertiary/aromatic N) is 2. The molecule has 7 nitrogen and oxygen atoms in total. The number of aryl methyl sites for hydroxylation is 1. The van der Waals surface area contributed by atoms with Gasteiger partial charge in [-0.05, 0) is 62.2 Å². The third kappa shape index (κ3) is 6.91. The number of amides is 1. The lowest BCUT2D eigenvalue weighted by Crippen LogP contribution is -2.21. The summed E-state index contributed by atoms with van der Waals surface area (Å²) in [7, 11) is 0. The Kier molecular flexibility index (Phi) is 8.07. The maximum absolute atomic E-state index is 12.2. The number of ether oxygens (including phenoxy) is 2. The van der Waals surface area contributed by atoms with Crippen molar-refractivity contribution in [2.75, 3.05) is 11.9 Å². The van der Waals surface area contributed by atoms with Crippen LogP contribution in [-0.4, -0.2) is 29.4 Å². The van der Waals surface area contributed by atoms with E-state index >= 15 is 0 Å². The average Bonchev–Trinajstić information content (AvgIpc) is 2.98. The predicted octanol–water partition coefficient (Wildman–Crippen LogP) is 4.50. The molecule has 2 rings (SSSR count). The molecule has 1 amide bonds. The first-order valence-electron chi connectivity index (χ1n) is 9.65. The van der Waals surface area contributed by atoms with Crippen LogP contribution in [-0.2, 0) is 20.9 Å². The number of nitrogens with one attached hydrogen (secondary N) is 1. The van der Waals surface area contributed by atoms with Crippen molar-refractivity contribution in [3.63, 3.8) is 0 Å². The molecule has 32 heavy (non-hydrogen) atoms. The fourth-order valence-electron chi connectivity index (χ4n) is 2.98. The molecule has 1 aromatic carbocycles. The number of carbonyl (C=O) groups excluding carboxylic acids is 2. The highest BCUT2D eigenvalue weighted by Crippen LogP contribution is 2.24. The summed E-state index contributed by atoms with van der Waals surface area (Å²) in [6.07, 6.45) is -2.48. The van der Waals surface area contributed by atoms with Gasteiger partial charge in [-0.15, -0.1) is 13.2 Å². The summed E-state index contributed by atoms with van der Waals surface area (Å²) in [5.74, 6) is -2.12. The zero-order valence-electron chi connectivity index (χ0n) is 17.7. The molecule has 170 valence electrons. The molecule has 0 saturated carbocycles. The number of hydrogen-bond donors (Lipinski definition) is 1. The highest BCUT2D eigenvalue weighted by atomic mass is 19.4. The van der Waals surface area contributed by atoms with E-state index in [1.54, 1.807) is 6.07 Å². The molecule has 0 bridgehead atoms. The number of hydrogen-bond acceptors (Lipinski definition) is 5. The van der Waals surface area contributed by atoms with Crippen LogP contribution in [0, 0.1) is 25.2 Å². The van der Waals surface area contributed by atoms with Crippen LogP contribution >= 0.6 is 0 Å². The number of carbonyl (C=O) groups is 2. The standard InChI is InChI=1S/C22H22F3N3O4/c1-4-9-28-14(2)10-16(15(28)3)11-17(12-26)21(30)31-13-20(29)27-18-5-7-19(8-6-18)32-22(23,24)25/h5-8,10-11H,4,9,13H2,1-3H3,(H,27,29)/b17-11+. The highest BCUT2D eigenvalue weighted by molar-refractivity contribution is 6.00. The van der Waals surface area contributed by atoms with Crippen molar-refractivity contribution in [1.82, 2.24) is 4.57 Å². The molecule has 0 aliphatic carbocycles. The maximum Gasteiger partial charge on any atom is 0.573 e. The highest BCUT2D eigenvalue weighted by Gasteiger charge is 2.31. The topological polar surface area (TPSA) is 93.4 Å². The van der Waals surface area contributed by atoms with Crippen LogP contribution in [0.3, 0.4) is 0 Å². The zero-order chi connectivity index (χ0) is 23.9. The second kappa shape index (κ2) is 10.5. The molecule has 10 heteroatoms. The second-order valence-corrected chi connectivity index (χ2v) is 6.84. The van der Waals surface area contributed by atoms with E-state index in [0.29, 0.717) is 5.56 Å². The van der Waals surface area contributed by atoms with Crippen molar-refractivity contribution in [3.05, 3.63) is 52.9 Å². The number of alkyl halides is 3. The molecule has 0 atom stereocenters. The Hall–Kier alpha value is -3.74. The molecule has 1 heterocycles. The SMILES string of the molecule is CCCn1c(C)cc(/C=C(\C#N)C(=O)OCC(=O)Nc2ccc(OC(F)(F)F)cc2)c1C. The Bertz CT molecular complexity index is 1050. The largest absolute Gasteiger partial charge is 0.573 e. The van der Waals surface area contributed by atoms with Gasteiger partial charge in [0.15, 0.2) is 6.61 Å². The molecule has 0 spiro atoms. The number of anilines is 1. The van der Waals surface area contributed by atoms with Gasteiger partial charge in [-0.1, -0.05) is 6.92 Å². The summed E-state index contributed by atoms with van der Waals surface area (Å²) in [6, 6.07) is 8.09. The minimum atomic E-state index is -4.82. The van der Waals surface area contributed by atoms with E-state index in [1.807, 2.05) is 26.8 Å². The van der Waals surface area contributed by atoms with Crippen LogP contribution in [0.1, 0.15) is 30.3 Å². The van der Waals surface area contributed by atoms with Gasteiger partial charge in [-0.3, -0.25) is 4.79 Å². The van der Waals surface area contributed by atoms with Crippen molar-refractivity contribution in [2.24, 2.45) is 0 Å². The molecule has 0 radical (unpaired) electrons. The van der Waals surface area contributed by atoms with Crippen LogP contribution in [0.4, 0.5) is 18.9 Å². The monoisotopic (exact) mass is 449 g/mol. The van der Waals surface area contributed by atoms with Gasteiger partial charge in [0.25, 0.3) is 5.91 Å². The van der Waals surface area contributed by atoms with Gasteiger partial charge in [0.2, 0.25) is 0 Å². The Morgan fingerprint density at radius 1 is 1.22 bits per heavy atom. The summed E-state index contributed by atoms with van der Waals surface area (Å²) in [4.78, 5) is 24.2. The summed E-state index contributed by atoms with van der Waals surface area (Å²) in [6.45, 7) is 5.99. The van der Waals surface area contributed by atoms with Crippen molar-refractivity contribution in [1.29, 1.82) is 5.26 Å². The Balaban J connectivity index is 1.97. The van der Waals surface area contributed by atoms with E-state index < -0.39 is 30.6 Å². The quantitative estimate of drug-likeness (QED) is 0.364. The van der Waals surface area contributed by atoms with Crippen molar-refractivity contribution in [3.8, 4) is 11.8 Å². The number of esters is 1. The predicted molar refractivity (Wildman–Crippen MR) is 111 cm³/mol. The summed E-state index contributed by atoms with van der Waals surface area (Å²) in [5, 5.41) is 11.7. The molecule has 1 N–H and O–H groups in total. The lowest BCUT2D eigenvalue weighted by molar-refractivity contribution is -0.274. The normalized spacial score (nSPS) is 11.6. The van der Waals surface area contributed by atoms with Gasteiger partial charge in [0.05, 0.1) is 0 Å². The van der Waals surface area contributed by atoms with Gasteiger partial charge in [-0.2, -0.15) is 5.26 Å². The Morgan fingerprint density at radius 3 is 2.44 bits per heavy atom. The first-order valence-corrected chi connectivity index (χ1v) is 9.65. The first kappa shape index (κ1) is 24.5. The number of aromatic nitrogens is 1. The summed E-state index contributed by atoms with van der Waals surface area (Å²) < 4.78 is 47.2. The molecule has 0 aliphatic rings. The molecule has 0 fully saturated rings. The molecular formula is C22H22F3N3O4. The Labute approximate surface area is 183 Å². The van der Waals surface area contributed by atoms with Crippen molar-refractivity contribution < 1.29 is 32.2 Å². The molecule has 0 aliphatic heterocycles.